The van der Waals surface area contributed by atoms with Crippen molar-refractivity contribution in [2.45, 2.75) is 13.8 Å². The van der Waals surface area contributed by atoms with E-state index in [1.807, 2.05) is 12.1 Å². The van der Waals surface area contributed by atoms with Crippen LogP contribution in [0.25, 0.3) is 93.6 Å². The Bertz CT molecular complexity index is 2800. The number of benzene rings is 7. The van der Waals surface area contributed by atoms with Gasteiger partial charge in [-0.15, -0.1) is 0 Å². The van der Waals surface area contributed by atoms with Crippen molar-refractivity contribution < 1.29 is 8.83 Å². The molecule has 0 aliphatic carbocycles. The minimum Gasteiger partial charge on any atom is -0.456 e. The summed E-state index contributed by atoms with van der Waals surface area (Å²) in [4.78, 5) is 0. The molecule has 0 aliphatic rings. The quantitative estimate of drug-likeness (QED) is 0.201. The van der Waals surface area contributed by atoms with Gasteiger partial charge in [0.15, 0.2) is 5.58 Å². The highest BCUT2D eigenvalue weighted by atomic mass is 16.3. The Hall–Kier alpha value is -6.06. The van der Waals surface area contributed by atoms with Crippen molar-refractivity contribution in [1.82, 2.24) is 4.57 Å². The summed E-state index contributed by atoms with van der Waals surface area (Å²) in [6, 6.07) is 49.8. The van der Waals surface area contributed by atoms with Crippen molar-refractivity contribution in [2.75, 3.05) is 0 Å². The number of fused-ring (bicyclic) bond motifs is 9. The molecule has 0 spiro atoms. The molecule has 0 radical (unpaired) electrons. The fourth-order valence-corrected chi connectivity index (χ4v) is 7.55. The maximum absolute atomic E-state index is 7.09. The van der Waals surface area contributed by atoms with Crippen molar-refractivity contribution in [1.29, 1.82) is 0 Å². The fraction of sp³-hybridized carbons (Fsp3) is 0.0455. The maximum atomic E-state index is 7.09. The van der Waals surface area contributed by atoms with Crippen LogP contribution < -0.4 is 0 Å². The van der Waals surface area contributed by atoms with Gasteiger partial charge in [-0.25, -0.2) is 0 Å². The van der Waals surface area contributed by atoms with Gasteiger partial charge in [0.2, 0.25) is 0 Å². The second-order valence-corrected chi connectivity index (χ2v) is 12.7. The molecule has 47 heavy (non-hydrogen) atoms. The smallest absolute Gasteiger partial charge is 0.159 e. The van der Waals surface area contributed by atoms with Crippen molar-refractivity contribution in [3.63, 3.8) is 0 Å². The first-order valence-electron chi connectivity index (χ1n) is 16.1. The molecule has 3 nitrogen and oxygen atoms in total. The number of nitrogens with zero attached hydrogens (tertiary/aromatic N) is 1. The number of furan rings is 2. The third-order valence-corrected chi connectivity index (χ3v) is 9.72. The summed E-state index contributed by atoms with van der Waals surface area (Å²) in [5, 5.41) is 6.95. The lowest BCUT2D eigenvalue weighted by Crippen LogP contribution is -1.94. The summed E-state index contributed by atoms with van der Waals surface area (Å²) < 4.78 is 15.8. The summed E-state index contributed by atoms with van der Waals surface area (Å²) in [7, 11) is 0. The van der Waals surface area contributed by atoms with E-state index in [0.717, 1.165) is 71.8 Å². The third-order valence-electron chi connectivity index (χ3n) is 9.72. The van der Waals surface area contributed by atoms with Crippen LogP contribution in [0.15, 0.2) is 148 Å². The van der Waals surface area contributed by atoms with Gasteiger partial charge >= 0.3 is 0 Å². The lowest BCUT2D eigenvalue weighted by Gasteiger charge is -2.09. The highest BCUT2D eigenvalue weighted by Gasteiger charge is 2.22. The Morgan fingerprint density at radius 1 is 0.426 bits per heavy atom. The lowest BCUT2D eigenvalue weighted by molar-refractivity contribution is 0.667. The van der Waals surface area contributed by atoms with Crippen molar-refractivity contribution in [3.8, 4) is 27.9 Å². The van der Waals surface area contributed by atoms with Gasteiger partial charge in [0.05, 0.1) is 16.7 Å². The van der Waals surface area contributed by atoms with Crippen LogP contribution in [0.1, 0.15) is 11.1 Å². The molecular weight excluding hydrogens is 574 g/mol. The van der Waals surface area contributed by atoms with Gasteiger partial charge < -0.3 is 13.4 Å². The van der Waals surface area contributed by atoms with Gasteiger partial charge in [-0.3, -0.25) is 0 Å². The first kappa shape index (κ1) is 26.2. The van der Waals surface area contributed by atoms with E-state index in [1.165, 1.54) is 32.9 Å². The van der Waals surface area contributed by atoms with E-state index in [-0.39, 0.29) is 0 Å². The van der Waals surface area contributed by atoms with E-state index in [2.05, 4.69) is 146 Å². The number of hydrogen-bond acceptors (Lipinski definition) is 2. The normalized spacial score (nSPS) is 12.0. The van der Waals surface area contributed by atoms with Gasteiger partial charge in [0.1, 0.15) is 16.7 Å². The van der Waals surface area contributed by atoms with Gasteiger partial charge in [-0.1, -0.05) is 96.1 Å². The molecular formula is C44H29NO2. The van der Waals surface area contributed by atoms with Crippen LogP contribution in [0.5, 0.6) is 0 Å². The van der Waals surface area contributed by atoms with Crippen LogP contribution in [-0.4, -0.2) is 4.57 Å². The van der Waals surface area contributed by atoms with E-state index in [0.29, 0.717) is 0 Å². The Kier molecular flexibility index (Phi) is 5.41. The molecule has 0 unspecified atom stereocenters. The molecule has 3 aromatic heterocycles. The lowest BCUT2D eigenvalue weighted by atomic mass is 9.94. The molecule has 0 amide bonds. The summed E-state index contributed by atoms with van der Waals surface area (Å²) in [6.07, 6.45) is 0. The third kappa shape index (κ3) is 3.80. The SMILES string of the molecule is Cc1ccc2c(c1)c1cc(C)ccc1n2-c1cccc2c1oc1c(-c3ccccc3)ccc(-c3ccc4c(c3)oc3ccccc34)c12. The predicted octanol–water partition coefficient (Wildman–Crippen LogP) is 12.5. The van der Waals surface area contributed by atoms with Crippen LogP contribution >= 0.6 is 0 Å². The zero-order valence-corrected chi connectivity index (χ0v) is 26.0. The van der Waals surface area contributed by atoms with Crippen molar-refractivity contribution in [2.24, 2.45) is 0 Å². The molecule has 3 heterocycles. The highest BCUT2D eigenvalue weighted by molar-refractivity contribution is 6.19. The first-order chi connectivity index (χ1) is 23.1. The molecule has 0 aliphatic heterocycles. The van der Waals surface area contributed by atoms with E-state index in [9.17, 15) is 0 Å². The molecule has 3 heteroatoms. The van der Waals surface area contributed by atoms with Gasteiger partial charge in [-0.2, -0.15) is 0 Å². The number of aromatic nitrogens is 1. The fourth-order valence-electron chi connectivity index (χ4n) is 7.55. The average Bonchev–Trinajstić information content (AvgIpc) is 3.77. The molecule has 0 atom stereocenters. The molecule has 10 aromatic rings. The predicted molar refractivity (Wildman–Crippen MR) is 196 cm³/mol. The minimum atomic E-state index is 0.872. The average molecular weight is 604 g/mol. The zero-order valence-electron chi connectivity index (χ0n) is 26.0. The monoisotopic (exact) mass is 603 g/mol. The topological polar surface area (TPSA) is 31.2 Å². The van der Waals surface area contributed by atoms with E-state index in [4.69, 9.17) is 8.83 Å². The van der Waals surface area contributed by atoms with E-state index < -0.39 is 0 Å². The Morgan fingerprint density at radius 2 is 1.11 bits per heavy atom. The van der Waals surface area contributed by atoms with Crippen LogP contribution in [-0.2, 0) is 0 Å². The standard InChI is InChI=1S/C44H29NO2/c1-26-15-21-37-35(23-26)36-24-27(2)16-22-38(36)45(37)39-13-8-12-34-42-30(19-20-31(44(42)47-43(34)39)28-9-4-3-5-10-28)29-17-18-33-32-11-6-7-14-40(32)46-41(33)25-29/h3-25H,1-2H3. The van der Waals surface area contributed by atoms with E-state index in [1.54, 1.807) is 0 Å². The van der Waals surface area contributed by atoms with Crippen molar-refractivity contribution >= 4 is 65.7 Å². The molecule has 0 saturated carbocycles. The number of aryl methyl sites for hydroxylation is 2. The summed E-state index contributed by atoms with van der Waals surface area (Å²) >= 11 is 0. The minimum absolute atomic E-state index is 0.872. The molecule has 0 saturated heterocycles. The summed E-state index contributed by atoms with van der Waals surface area (Å²) in [5.74, 6) is 0. The molecule has 7 aromatic carbocycles. The number of hydrogen-bond donors (Lipinski definition) is 0. The van der Waals surface area contributed by atoms with Gasteiger partial charge in [0.25, 0.3) is 0 Å². The number of rotatable bonds is 3. The Labute approximate surface area is 270 Å². The molecule has 0 bridgehead atoms. The second-order valence-electron chi connectivity index (χ2n) is 12.7. The number of para-hydroxylation sites is 2. The second kappa shape index (κ2) is 9.72. The zero-order chi connectivity index (χ0) is 31.2. The van der Waals surface area contributed by atoms with Gasteiger partial charge in [-0.05, 0) is 85.1 Å². The largest absolute Gasteiger partial charge is 0.456 e. The molecule has 0 N–H and O–H groups in total. The molecule has 0 fully saturated rings. The molecule has 222 valence electrons. The highest BCUT2D eigenvalue weighted by Crippen LogP contribution is 2.45. The maximum Gasteiger partial charge on any atom is 0.159 e. The van der Waals surface area contributed by atoms with Crippen LogP contribution in [0.2, 0.25) is 0 Å². The summed E-state index contributed by atoms with van der Waals surface area (Å²) in [6.45, 7) is 4.32. The summed E-state index contributed by atoms with van der Waals surface area (Å²) in [5.41, 5.74) is 13.8. The first-order valence-corrected chi connectivity index (χ1v) is 16.1. The Morgan fingerprint density at radius 3 is 1.89 bits per heavy atom. The van der Waals surface area contributed by atoms with Crippen LogP contribution in [0, 0.1) is 13.8 Å². The molecule has 10 rings (SSSR count). The Balaban J connectivity index is 1.31. The van der Waals surface area contributed by atoms with Crippen LogP contribution in [0.3, 0.4) is 0 Å². The van der Waals surface area contributed by atoms with Crippen LogP contribution in [0.4, 0.5) is 0 Å². The van der Waals surface area contributed by atoms with E-state index >= 15 is 0 Å². The van der Waals surface area contributed by atoms with Gasteiger partial charge in [0, 0.05) is 37.9 Å². The van der Waals surface area contributed by atoms with Crippen molar-refractivity contribution in [3.05, 3.63) is 151 Å².